The van der Waals surface area contributed by atoms with Gasteiger partial charge in [0.15, 0.2) is 5.78 Å². The number of benzene rings is 2. The van der Waals surface area contributed by atoms with E-state index in [9.17, 15) is 9.18 Å². The van der Waals surface area contributed by atoms with Crippen molar-refractivity contribution in [3.05, 3.63) is 76.6 Å². The highest BCUT2D eigenvalue weighted by atomic mass is 19.1. The molecule has 2 atom stereocenters. The molecule has 0 saturated carbocycles. The van der Waals surface area contributed by atoms with Gasteiger partial charge in [-0.05, 0) is 42.3 Å². The first kappa shape index (κ1) is 16.8. The maximum absolute atomic E-state index is 13.5. The van der Waals surface area contributed by atoms with Crippen LogP contribution in [-0.2, 0) is 7.05 Å². The quantitative estimate of drug-likeness (QED) is 0.747. The summed E-state index contributed by atoms with van der Waals surface area (Å²) in [4.78, 5) is 21.6. The van der Waals surface area contributed by atoms with E-state index in [1.54, 1.807) is 16.8 Å². The topological polar surface area (TPSA) is 72.2 Å². The van der Waals surface area contributed by atoms with E-state index in [4.69, 9.17) is 0 Å². The third-order valence-corrected chi connectivity index (χ3v) is 5.42. The van der Waals surface area contributed by atoms with Gasteiger partial charge in [0.2, 0.25) is 0 Å². The zero-order valence-electron chi connectivity index (χ0n) is 15.5. The van der Waals surface area contributed by atoms with E-state index >= 15 is 0 Å². The van der Waals surface area contributed by atoms with E-state index in [1.807, 2.05) is 26.1 Å². The number of hydrogen-bond donors (Lipinski definition) is 1. The zero-order valence-corrected chi connectivity index (χ0v) is 15.5. The van der Waals surface area contributed by atoms with Crippen molar-refractivity contribution in [3.8, 4) is 0 Å². The fourth-order valence-corrected chi connectivity index (χ4v) is 4.18. The number of carbonyl (C=O) groups excluding carboxylic acids is 1. The van der Waals surface area contributed by atoms with E-state index < -0.39 is 0 Å². The van der Waals surface area contributed by atoms with Gasteiger partial charge in [-0.15, -0.1) is 0 Å². The van der Waals surface area contributed by atoms with Crippen LogP contribution in [0.15, 0.2) is 47.7 Å². The van der Waals surface area contributed by atoms with Crippen molar-refractivity contribution in [1.82, 2.24) is 14.8 Å². The second-order valence-corrected chi connectivity index (χ2v) is 7.25. The van der Waals surface area contributed by atoms with Gasteiger partial charge in [-0.25, -0.2) is 9.37 Å². The predicted octanol–water partition coefficient (Wildman–Crippen LogP) is 3.20. The molecule has 0 aliphatic carbocycles. The van der Waals surface area contributed by atoms with Crippen molar-refractivity contribution in [2.45, 2.75) is 18.9 Å². The number of aryl methyl sites for hydroxylation is 2. The molecule has 2 aliphatic heterocycles. The third-order valence-electron chi connectivity index (χ3n) is 5.42. The standard InChI is InChI=1S/C21H18FN5O/c1-11-7-14-16(28)9-23-20-17(14)15(8-11)26-19(12-3-5-13(22)6-4-12)18(20)21-24-10-25-27(21)2/h3-8,10,18-19,26H,9H2,1-2H3. The smallest absolute Gasteiger partial charge is 0.184 e. The molecule has 28 heavy (non-hydrogen) atoms. The largest absolute Gasteiger partial charge is 0.377 e. The average Bonchev–Trinajstić information content (AvgIpc) is 3.10. The monoisotopic (exact) mass is 375 g/mol. The predicted molar refractivity (Wildman–Crippen MR) is 103 cm³/mol. The molecule has 0 bridgehead atoms. The number of hydrogen-bond acceptors (Lipinski definition) is 5. The van der Waals surface area contributed by atoms with Gasteiger partial charge in [0.25, 0.3) is 0 Å². The number of anilines is 1. The van der Waals surface area contributed by atoms with Crippen LogP contribution in [0, 0.1) is 12.7 Å². The molecule has 7 heteroatoms. The number of ketones is 1. The van der Waals surface area contributed by atoms with Crippen LogP contribution in [0.1, 0.15) is 44.8 Å². The lowest BCUT2D eigenvalue weighted by Gasteiger charge is -2.38. The van der Waals surface area contributed by atoms with Crippen LogP contribution in [0.2, 0.25) is 0 Å². The maximum atomic E-state index is 13.5. The summed E-state index contributed by atoms with van der Waals surface area (Å²) in [5.74, 6) is 0.225. The molecule has 0 spiro atoms. The number of nitrogens with one attached hydrogen (secondary N) is 1. The minimum absolute atomic E-state index is 0.0162. The van der Waals surface area contributed by atoms with Crippen molar-refractivity contribution in [3.63, 3.8) is 0 Å². The van der Waals surface area contributed by atoms with Gasteiger partial charge in [0.05, 0.1) is 17.7 Å². The Morgan fingerprint density at radius 2 is 2.00 bits per heavy atom. The van der Waals surface area contributed by atoms with Crippen LogP contribution in [-0.4, -0.2) is 32.8 Å². The Morgan fingerprint density at radius 3 is 2.71 bits per heavy atom. The molecule has 3 aromatic rings. The highest BCUT2D eigenvalue weighted by molar-refractivity contribution is 6.21. The highest BCUT2D eigenvalue weighted by Crippen LogP contribution is 2.44. The van der Waals surface area contributed by atoms with Crippen molar-refractivity contribution in [2.75, 3.05) is 11.9 Å². The molecular formula is C21H18FN5O. The van der Waals surface area contributed by atoms with Crippen LogP contribution in [0.25, 0.3) is 0 Å². The lowest BCUT2D eigenvalue weighted by atomic mass is 9.77. The molecule has 2 aliphatic rings. The summed E-state index contributed by atoms with van der Waals surface area (Å²) < 4.78 is 15.2. The zero-order chi connectivity index (χ0) is 19.4. The first-order valence-corrected chi connectivity index (χ1v) is 9.11. The molecule has 5 rings (SSSR count). The van der Waals surface area contributed by atoms with Crippen molar-refractivity contribution in [2.24, 2.45) is 12.0 Å². The fourth-order valence-electron chi connectivity index (χ4n) is 4.18. The van der Waals surface area contributed by atoms with Gasteiger partial charge < -0.3 is 5.32 Å². The van der Waals surface area contributed by atoms with E-state index in [0.29, 0.717) is 5.56 Å². The number of nitrogens with zero attached hydrogens (tertiary/aromatic N) is 4. The van der Waals surface area contributed by atoms with Crippen molar-refractivity contribution < 1.29 is 9.18 Å². The highest BCUT2D eigenvalue weighted by Gasteiger charge is 2.41. The number of halogens is 1. The lowest BCUT2D eigenvalue weighted by molar-refractivity contribution is 0.0999. The molecule has 0 amide bonds. The number of aliphatic imine (C=N–C) groups is 1. The van der Waals surface area contributed by atoms with Crippen LogP contribution < -0.4 is 5.32 Å². The number of Topliss-reactive ketones (excluding diaryl/α,β-unsaturated/α-hetero) is 1. The normalized spacial score (nSPS) is 20.4. The molecule has 140 valence electrons. The van der Waals surface area contributed by atoms with E-state index in [2.05, 4.69) is 20.4 Å². The average molecular weight is 375 g/mol. The summed E-state index contributed by atoms with van der Waals surface area (Å²) in [6, 6.07) is 10.2. The van der Waals surface area contributed by atoms with E-state index in [1.165, 1.54) is 18.5 Å². The van der Waals surface area contributed by atoms with Crippen molar-refractivity contribution >= 4 is 17.2 Å². The van der Waals surface area contributed by atoms with Crippen LogP contribution in [0.3, 0.4) is 0 Å². The summed E-state index contributed by atoms with van der Waals surface area (Å²) in [7, 11) is 1.84. The Kier molecular flexibility index (Phi) is 3.65. The number of aromatic nitrogens is 3. The summed E-state index contributed by atoms with van der Waals surface area (Å²) >= 11 is 0. The Labute approximate surface area is 161 Å². The van der Waals surface area contributed by atoms with Gasteiger partial charge >= 0.3 is 0 Å². The minimum Gasteiger partial charge on any atom is -0.377 e. The van der Waals surface area contributed by atoms with Gasteiger partial charge in [0, 0.05) is 23.9 Å². The Hall–Kier alpha value is -3.35. The Balaban J connectivity index is 1.76. The van der Waals surface area contributed by atoms with Gasteiger partial charge in [-0.3, -0.25) is 14.5 Å². The van der Waals surface area contributed by atoms with Crippen LogP contribution in [0.4, 0.5) is 10.1 Å². The van der Waals surface area contributed by atoms with Crippen molar-refractivity contribution in [1.29, 1.82) is 0 Å². The Bertz CT molecular complexity index is 1130. The molecule has 1 N–H and O–H groups in total. The SMILES string of the molecule is Cc1cc2c3c(c1)C(=O)CN=C3C(c1ncnn1C)C(c1ccc(F)cc1)N2. The lowest BCUT2D eigenvalue weighted by Crippen LogP contribution is -2.37. The minimum atomic E-state index is -0.283. The molecule has 0 radical (unpaired) electrons. The summed E-state index contributed by atoms with van der Waals surface area (Å²) in [6.07, 6.45) is 1.51. The molecule has 6 nitrogen and oxygen atoms in total. The molecule has 2 unspecified atom stereocenters. The first-order chi connectivity index (χ1) is 13.5. The fraction of sp³-hybridized carbons (Fsp3) is 0.238. The van der Waals surface area contributed by atoms with Crippen LogP contribution in [0.5, 0.6) is 0 Å². The Morgan fingerprint density at radius 1 is 1.21 bits per heavy atom. The number of carbonyl (C=O) groups is 1. The molecule has 0 fully saturated rings. The summed E-state index contributed by atoms with van der Waals surface area (Å²) in [5, 5.41) is 7.79. The second-order valence-electron chi connectivity index (χ2n) is 7.25. The molecule has 0 saturated heterocycles. The number of rotatable bonds is 2. The van der Waals surface area contributed by atoms with Gasteiger partial charge in [0.1, 0.15) is 24.5 Å². The van der Waals surface area contributed by atoms with E-state index in [0.717, 1.165) is 33.9 Å². The molecular weight excluding hydrogens is 357 g/mol. The third kappa shape index (κ3) is 2.46. The van der Waals surface area contributed by atoms with Gasteiger partial charge in [-0.2, -0.15) is 5.10 Å². The first-order valence-electron chi connectivity index (χ1n) is 9.11. The van der Waals surface area contributed by atoms with Gasteiger partial charge in [-0.1, -0.05) is 12.1 Å². The summed E-state index contributed by atoms with van der Waals surface area (Å²) in [6.45, 7) is 2.09. The maximum Gasteiger partial charge on any atom is 0.184 e. The summed E-state index contributed by atoms with van der Waals surface area (Å²) in [5.41, 5.74) is 5.15. The molecule has 1 aromatic heterocycles. The second kappa shape index (κ2) is 6.09. The molecule has 2 aromatic carbocycles. The van der Waals surface area contributed by atoms with Crippen LogP contribution >= 0.6 is 0 Å². The molecule has 3 heterocycles. The van der Waals surface area contributed by atoms with E-state index in [-0.39, 0.29) is 30.1 Å².